The van der Waals surface area contributed by atoms with Gasteiger partial charge >= 0.3 is 0 Å². The van der Waals surface area contributed by atoms with Crippen LogP contribution in [0.1, 0.15) is 66.2 Å². The SMILES string of the molecule is CC(C)OCCC(C)(C)OCCC1CCC(COCCO)CC1. The molecular weight excluding hydrogens is 292 g/mol. The molecule has 1 aliphatic carbocycles. The van der Waals surface area contributed by atoms with E-state index in [1.54, 1.807) is 0 Å². The van der Waals surface area contributed by atoms with E-state index in [1.807, 2.05) is 0 Å². The summed E-state index contributed by atoms with van der Waals surface area (Å²) in [6.07, 6.45) is 7.48. The highest BCUT2D eigenvalue weighted by atomic mass is 16.5. The first-order valence-corrected chi connectivity index (χ1v) is 9.37. The molecule has 138 valence electrons. The normalized spacial score (nSPS) is 22.7. The second kappa shape index (κ2) is 11.4. The van der Waals surface area contributed by atoms with E-state index in [4.69, 9.17) is 19.3 Å². The van der Waals surface area contributed by atoms with E-state index in [-0.39, 0.29) is 12.2 Å². The van der Waals surface area contributed by atoms with Crippen molar-refractivity contribution in [1.29, 1.82) is 0 Å². The van der Waals surface area contributed by atoms with Gasteiger partial charge in [0.05, 0.1) is 24.9 Å². The highest BCUT2D eigenvalue weighted by Crippen LogP contribution is 2.31. The lowest BCUT2D eigenvalue weighted by atomic mass is 9.81. The Bertz CT molecular complexity index is 283. The average molecular weight is 331 g/mol. The summed E-state index contributed by atoms with van der Waals surface area (Å²) in [5, 5.41) is 8.73. The Morgan fingerprint density at radius 3 is 2.26 bits per heavy atom. The van der Waals surface area contributed by atoms with Gasteiger partial charge in [0.1, 0.15) is 0 Å². The number of hydrogen-bond acceptors (Lipinski definition) is 4. The molecule has 0 aromatic rings. The minimum Gasteiger partial charge on any atom is -0.394 e. The molecule has 1 rings (SSSR count). The molecule has 1 aliphatic rings. The molecule has 0 unspecified atom stereocenters. The molecule has 0 bridgehead atoms. The Balaban J connectivity index is 2.07. The molecule has 1 saturated carbocycles. The van der Waals surface area contributed by atoms with Crippen LogP contribution in [0.5, 0.6) is 0 Å². The van der Waals surface area contributed by atoms with Crippen LogP contribution in [0.15, 0.2) is 0 Å². The lowest BCUT2D eigenvalue weighted by Gasteiger charge is -2.30. The van der Waals surface area contributed by atoms with Crippen molar-refractivity contribution in [3.05, 3.63) is 0 Å². The van der Waals surface area contributed by atoms with Gasteiger partial charge in [-0.05, 0) is 65.2 Å². The van der Waals surface area contributed by atoms with Crippen molar-refractivity contribution in [3.8, 4) is 0 Å². The van der Waals surface area contributed by atoms with Crippen LogP contribution in [-0.4, -0.2) is 49.8 Å². The number of rotatable bonds is 12. The lowest BCUT2D eigenvalue weighted by molar-refractivity contribution is -0.0528. The Labute approximate surface area is 142 Å². The van der Waals surface area contributed by atoms with Crippen molar-refractivity contribution in [2.24, 2.45) is 11.8 Å². The first-order valence-electron chi connectivity index (χ1n) is 9.37. The lowest BCUT2D eigenvalue weighted by Crippen LogP contribution is -2.28. The Kier molecular flexibility index (Phi) is 10.4. The fourth-order valence-electron chi connectivity index (χ4n) is 3.12. The molecule has 4 heteroatoms. The number of aliphatic hydroxyl groups excluding tert-OH is 1. The van der Waals surface area contributed by atoms with Gasteiger partial charge < -0.3 is 19.3 Å². The minimum atomic E-state index is -0.0930. The van der Waals surface area contributed by atoms with Crippen LogP contribution in [0.25, 0.3) is 0 Å². The molecule has 0 radical (unpaired) electrons. The van der Waals surface area contributed by atoms with Crippen LogP contribution in [-0.2, 0) is 14.2 Å². The van der Waals surface area contributed by atoms with Gasteiger partial charge in [-0.15, -0.1) is 0 Å². The van der Waals surface area contributed by atoms with Gasteiger partial charge in [0.25, 0.3) is 0 Å². The second-order valence-electron chi connectivity index (χ2n) is 7.75. The van der Waals surface area contributed by atoms with Crippen molar-refractivity contribution in [2.75, 3.05) is 33.0 Å². The minimum absolute atomic E-state index is 0.0930. The maximum absolute atomic E-state index is 8.73. The summed E-state index contributed by atoms with van der Waals surface area (Å²) in [6.45, 7) is 11.5. The molecule has 0 spiro atoms. The van der Waals surface area contributed by atoms with Gasteiger partial charge in [0.15, 0.2) is 0 Å². The summed E-state index contributed by atoms with van der Waals surface area (Å²) in [7, 11) is 0. The van der Waals surface area contributed by atoms with Crippen molar-refractivity contribution in [3.63, 3.8) is 0 Å². The zero-order valence-electron chi connectivity index (χ0n) is 15.7. The zero-order chi connectivity index (χ0) is 17.1. The van der Waals surface area contributed by atoms with Crippen molar-refractivity contribution in [1.82, 2.24) is 0 Å². The van der Waals surface area contributed by atoms with Crippen molar-refractivity contribution in [2.45, 2.75) is 77.9 Å². The zero-order valence-corrected chi connectivity index (χ0v) is 15.7. The van der Waals surface area contributed by atoms with Crippen LogP contribution >= 0.6 is 0 Å². The predicted octanol–water partition coefficient (Wildman–Crippen LogP) is 3.80. The van der Waals surface area contributed by atoms with Crippen LogP contribution in [0.4, 0.5) is 0 Å². The third-order valence-electron chi connectivity index (χ3n) is 4.73. The summed E-state index contributed by atoms with van der Waals surface area (Å²) in [4.78, 5) is 0. The van der Waals surface area contributed by atoms with Gasteiger partial charge in [-0.3, -0.25) is 0 Å². The summed E-state index contributed by atoms with van der Waals surface area (Å²) in [5.41, 5.74) is -0.0930. The van der Waals surface area contributed by atoms with E-state index in [0.29, 0.717) is 18.6 Å². The maximum atomic E-state index is 8.73. The van der Waals surface area contributed by atoms with E-state index in [0.717, 1.165) is 32.2 Å². The fourth-order valence-corrected chi connectivity index (χ4v) is 3.12. The number of ether oxygens (including phenoxy) is 3. The largest absolute Gasteiger partial charge is 0.394 e. The van der Waals surface area contributed by atoms with Crippen LogP contribution in [0.3, 0.4) is 0 Å². The second-order valence-corrected chi connectivity index (χ2v) is 7.75. The Hall–Kier alpha value is -0.160. The highest BCUT2D eigenvalue weighted by Gasteiger charge is 2.23. The Morgan fingerprint density at radius 2 is 1.65 bits per heavy atom. The van der Waals surface area contributed by atoms with Crippen LogP contribution in [0.2, 0.25) is 0 Å². The molecule has 23 heavy (non-hydrogen) atoms. The molecule has 0 atom stereocenters. The third-order valence-corrected chi connectivity index (χ3v) is 4.73. The number of hydrogen-bond donors (Lipinski definition) is 1. The number of aliphatic hydroxyl groups is 1. The quantitative estimate of drug-likeness (QED) is 0.553. The van der Waals surface area contributed by atoms with Gasteiger partial charge in [-0.2, -0.15) is 0 Å². The average Bonchev–Trinajstić information content (AvgIpc) is 2.48. The molecule has 4 nitrogen and oxygen atoms in total. The predicted molar refractivity (Wildman–Crippen MR) is 93.7 cm³/mol. The van der Waals surface area contributed by atoms with E-state index in [9.17, 15) is 0 Å². The summed E-state index contributed by atoms with van der Waals surface area (Å²) >= 11 is 0. The first-order chi connectivity index (χ1) is 10.9. The molecule has 1 fully saturated rings. The van der Waals surface area contributed by atoms with E-state index >= 15 is 0 Å². The third kappa shape index (κ3) is 10.3. The maximum Gasteiger partial charge on any atom is 0.0697 e. The molecule has 1 N–H and O–H groups in total. The molecule has 0 aliphatic heterocycles. The van der Waals surface area contributed by atoms with Crippen molar-refractivity contribution < 1.29 is 19.3 Å². The summed E-state index contributed by atoms with van der Waals surface area (Å²) < 4.78 is 17.2. The van der Waals surface area contributed by atoms with E-state index in [2.05, 4.69) is 27.7 Å². The van der Waals surface area contributed by atoms with Gasteiger partial charge in [-0.1, -0.05) is 12.8 Å². The summed E-state index contributed by atoms with van der Waals surface area (Å²) in [5.74, 6) is 1.48. The topological polar surface area (TPSA) is 47.9 Å². The fraction of sp³-hybridized carbons (Fsp3) is 1.00. The van der Waals surface area contributed by atoms with Crippen molar-refractivity contribution >= 4 is 0 Å². The monoisotopic (exact) mass is 330 g/mol. The molecule has 0 aromatic carbocycles. The highest BCUT2D eigenvalue weighted by molar-refractivity contribution is 4.74. The smallest absolute Gasteiger partial charge is 0.0697 e. The molecule has 0 amide bonds. The molecule has 0 saturated heterocycles. The molecular formula is C19H38O4. The van der Waals surface area contributed by atoms with Gasteiger partial charge in [0, 0.05) is 19.8 Å². The van der Waals surface area contributed by atoms with E-state index < -0.39 is 0 Å². The summed E-state index contributed by atoms with van der Waals surface area (Å²) in [6, 6.07) is 0. The van der Waals surface area contributed by atoms with Gasteiger partial charge in [0.2, 0.25) is 0 Å². The van der Waals surface area contributed by atoms with Gasteiger partial charge in [-0.25, -0.2) is 0 Å². The van der Waals surface area contributed by atoms with Crippen LogP contribution in [0, 0.1) is 11.8 Å². The molecule has 0 aromatic heterocycles. The Morgan fingerprint density at radius 1 is 1.00 bits per heavy atom. The first kappa shape index (κ1) is 20.9. The molecule has 0 heterocycles. The standard InChI is InChI=1S/C19H38O4/c1-16(2)22-13-10-19(3,4)23-12-9-17-5-7-18(8-6-17)15-21-14-11-20/h16-18,20H,5-15H2,1-4H3. The van der Waals surface area contributed by atoms with Crippen LogP contribution < -0.4 is 0 Å². The van der Waals surface area contributed by atoms with E-state index in [1.165, 1.54) is 32.1 Å².